The second-order valence-corrected chi connectivity index (χ2v) is 3.69. The number of alkyl halides is 2. The van der Waals surface area contributed by atoms with E-state index in [9.17, 15) is 8.78 Å². The molecule has 0 heterocycles. The lowest BCUT2D eigenvalue weighted by molar-refractivity contribution is 0.0182. The molecule has 5 heteroatoms. The van der Waals surface area contributed by atoms with Gasteiger partial charge in [-0.15, -0.1) is 0 Å². The van der Waals surface area contributed by atoms with Crippen LogP contribution in [-0.4, -0.2) is 38.3 Å². The molecule has 0 aromatic heterocycles. The predicted molar refractivity (Wildman–Crippen MR) is 50.4 cm³/mol. The Morgan fingerprint density at radius 3 is 2.79 bits per heavy atom. The van der Waals surface area contributed by atoms with Crippen molar-refractivity contribution >= 4 is 0 Å². The van der Waals surface area contributed by atoms with Crippen LogP contribution in [0.1, 0.15) is 19.3 Å². The predicted octanol–water partition coefficient (Wildman–Crippen LogP) is 0.737. The zero-order valence-electron chi connectivity index (χ0n) is 8.22. The van der Waals surface area contributed by atoms with Crippen molar-refractivity contribution in [1.29, 1.82) is 0 Å². The normalized spacial score (nSPS) is 27.4. The Morgan fingerprint density at radius 1 is 1.43 bits per heavy atom. The number of ether oxygens (including phenoxy) is 1. The van der Waals surface area contributed by atoms with Crippen molar-refractivity contribution in [3.8, 4) is 0 Å². The van der Waals surface area contributed by atoms with Crippen LogP contribution in [0.3, 0.4) is 0 Å². The van der Waals surface area contributed by atoms with Crippen molar-refractivity contribution in [2.24, 2.45) is 5.73 Å². The fourth-order valence-corrected chi connectivity index (χ4v) is 1.71. The molecule has 2 unspecified atom stereocenters. The van der Waals surface area contributed by atoms with Gasteiger partial charge in [-0.25, -0.2) is 8.78 Å². The molecule has 0 aromatic rings. The summed E-state index contributed by atoms with van der Waals surface area (Å²) in [6, 6.07) is 0.745. The van der Waals surface area contributed by atoms with Crippen LogP contribution in [0.15, 0.2) is 0 Å². The van der Waals surface area contributed by atoms with Gasteiger partial charge in [0.05, 0.1) is 6.61 Å². The van der Waals surface area contributed by atoms with Gasteiger partial charge in [0.2, 0.25) is 0 Å². The van der Waals surface area contributed by atoms with Crippen LogP contribution in [0.4, 0.5) is 8.78 Å². The van der Waals surface area contributed by atoms with Crippen LogP contribution in [0.25, 0.3) is 0 Å². The highest BCUT2D eigenvalue weighted by molar-refractivity contribution is 4.82. The summed E-state index contributed by atoms with van der Waals surface area (Å²) in [5, 5.41) is 3.24. The largest absolute Gasteiger partial charge is 0.374 e. The van der Waals surface area contributed by atoms with Gasteiger partial charge < -0.3 is 15.8 Å². The van der Waals surface area contributed by atoms with Crippen molar-refractivity contribution in [1.82, 2.24) is 5.32 Å². The highest BCUT2D eigenvalue weighted by Gasteiger charge is 2.20. The lowest BCUT2D eigenvalue weighted by atomic mass is 10.2. The molecule has 2 atom stereocenters. The molecule has 0 amide bonds. The van der Waals surface area contributed by atoms with Crippen LogP contribution in [-0.2, 0) is 4.74 Å². The maximum absolute atomic E-state index is 11.7. The molecule has 0 aliphatic heterocycles. The van der Waals surface area contributed by atoms with Crippen LogP contribution < -0.4 is 11.1 Å². The third-order valence-corrected chi connectivity index (χ3v) is 2.40. The van der Waals surface area contributed by atoms with E-state index in [1.165, 1.54) is 0 Å². The van der Waals surface area contributed by atoms with Crippen molar-refractivity contribution in [2.45, 2.75) is 37.8 Å². The van der Waals surface area contributed by atoms with E-state index in [2.05, 4.69) is 5.32 Å². The Kier molecular flexibility index (Phi) is 5.29. The Hall–Kier alpha value is -0.260. The fraction of sp³-hybridized carbons (Fsp3) is 1.00. The maximum Gasteiger partial charge on any atom is 0.261 e. The smallest absolute Gasteiger partial charge is 0.261 e. The number of nitrogens with two attached hydrogens (primary N) is 1. The summed E-state index contributed by atoms with van der Waals surface area (Å²) in [6.45, 7) is 0.506. The molecule has 1 aliphatic carbocycles. The van der Waals surface area contributed by atoms with E-state index in [1.54, 1.807) is 0 Å². The molecule has 1 saturated carbocycles. The van der Waals surface area contributed by atoms with E-state index in [4.69, 9.17) is 10.5 Å². The van der Waals surface area contributed by atoms with Gasteiger partial charge >= 0.3 is 0 Å². The minimum absolute atomic E-state index is 0.300. The van der Waals surface area contributed by atoms with E-state index < -0.39 is 13.0 Å². The van der Waals surface area contributed by atoms with Gasteiger partial charge in [0.1, 0.15) is 6.61 Å². The molecule has 84 valence electrons. The molecule has 3 nitrogen and oxygen atoms in total. The standard InChI is InChI=1S/C9H18F2N2O/c10-9(11)6-14-4-3-13-8-2-1-7(12)5-8/h7-9,13H,1-6,12H2. The fourth-order valence-electron chi connectivity index (χ4n) is 1.71. The second-order valence-electron chi connectivity index (χ2n) is 3.69. The van der Waals surface area contributed by atoms with Crippen molar-refractivity contribution in [3.05, 3.63) is 0 Å². The molecule has 3 N–H and O–H groups in total. The van der Waals surface area contributed by atoms with Gasteiger partial charge in [-0.2, -0.15) is 0 Å². The minimum atomic E-state index is -2.37. The van der Waals surface area contributed by atoms with Crippen molar-refractivity contribution in [3.63, 3.8) is 0 Å². The lowest BCUT2D eigenvalue weighted by Gasteiger charge is -2.11. The Labute approximate surface area is 83.0 Å². The third kappa shape index (κ3) is 4.83. The van der Waals surface area contributed by atoms with E-state index in [0.29, 0.717) is 25.2 Å². The Balaban J connectivity index is 1.89. The molecule has 0 saturated heterocycles. The Morgan fingerprint density at radius 2 is 2.21 bits per heavy atom. The van der Waals surface area contributed by atoms with E-state index in [0.717, 1.165) is 19.3 Å². The first-order valence-corrected chi connectivity index (χ1v) is 5.03. The molecular weight excluding hydrogens is 190 g/mol. The lowest BCUT2D eigenvalue weighted by Crippen LogP contribution is -2.31. The number of nitrogens with one attached hydrogen (secondary N) is 1. The summed E-state index contributed by atoms with van der Waals surface area (Å²) in [4.78, 5) is 0. The van der Waals surface area contributed by atoms with Gasteiger partial charge in [-0.1, -0.05) is 0 Å². The van der Waals surface area contributed by atoms with Crippen LogP contribution in [0.2, 0.25) is 0 Å². The zero-order chi connectivity index (χ0) is 10.4. The summed E-state index contributed by atoms with van der Waals surface area (Å²) in [7, 11) is 0. The molecule has 1 rings (SSSR count). The zero-order valence-corrected chi connectivity index (χ0v) is 8.22. The molecule has 1 fully saturated rings. The molecule has 14 heavy (non-hydrogen) atoms. The SMILES string of the molecule is NC1CCC(NCCOCC(F)F)C1. The maximum atomic E-state index is 11.7. The summed E-state index contributed by atoms with van der Waals surface area (Å²) in [5.41, 5.74) is 5.72. The van der Waals surface area contributed by atoms with Crippen molar-refractivity contribution < 1.29 is 13.5 Å². The molecular formula is C9H18F2N2O. The van der Waals surface area contributed by atoms with Gasteiger partial charge in [-0.05, 0) is 19.3 Å². The monoisotopic (exact) mass is 208 g/mol. The highest BCUT2D eigenvalue weighted by atomic mass is 19.3. The van der Waals surface area contributed by atoms with E-state index in [1.807, 2.05) is 0 Å². The van der Waals surface area contributed by atoms with Gasteiger partial charge in [0.25, 0.3) is 6.43 Å². The van der Waals surface area contributed by atoms with Crippen LogP contribution in [0, 0.1) is 0 Å². The Bertz CT molecular complexity index is 158. The van der Waals surface area contributed by atoms with Gasteiger partial charge in [0, 0.05) is 18.6 Å². The number of hydrogen-bond acceptors (Lipinski definition) is 3. The first-order valence-electron chi connectivity index (χ1n) is 5.03. The molecule has 0 bridgehead atoms. The van der Waals surface area contributed by atoms with Crippen molar-refractivity contribution in [2.75, 3.05) is 19.8 Å². The quantitative estimate of drug-likeness (QED) is 0.633. The first kappa shape index (κ1) is 11.8. The average molecular weight is 208 g/mol. The highest BCUT2D eigenvalue weighted by Crippen LogP contribution is 2.16. The summed E-state index contributed by atoms with van der Waals surface area (Å²) in [5.74, 6) is 0. The average Bonchev–Trinajstić information content (AvgIpc) is 2.50. The molecule has 0 spiro atoms. The second kappa shape index (κ2) is 6.27. The molecule has 0 aromatic carbocycles. The minimum Gasteiger partial charge on any atom is -0.374 e. The van der Waals surface area contributed by atoms with Gasteiger partial charge in [0.15, 0.2) is 0 Å². The van der Waals surface area contributed by atoms with Crippen LogP contribution >= 0.6 is 0 Å². The van der Waals surface area contributed by atoms with Crippen LogP contribution in [0.5, 0.6) is 0 Å². The molecule has 1 aliphatic rings. The summed E-state index contributed by atoms with van der Waals surface area (Å²) < 4.78 is 28.0. The molecule has 0 radical (unpaired) electrons. The van der Waals surface area contributed by atoms with E-state index >= 15 is 0 Å². The first-order chi connectivity index (χ1) is 6.68. The third-order valence-electron chi connectivity index (χ3n) is 2.40. The number of halogens is 2. The van der Waals surface area contributed by atoms with Gasteiger partial charge in [-0.3, -0.25) is 0 Å². The topological polar surface area (TPSA) is 47.3 Å². The van der Waals surface area contributed by atoms with E-state index in [-0.39, 0.29) is 0 Å². The summed E-state index contributed by atoms with van der Waals surface area (Å²) in [6.07, 6.45) is 0.746. The number of hydrogen-bond donors (Lipinski definition) is 2. The number of rotatable bonds is 6. The summed E-state index contributed by atoms with van der Waals surface area (Å²) >= 11 is 0.